The van der Waals surface area contributed by atoms with Crippen molar-refractivity contribution in [3.05, 3.63) is 34.4 Å². The third-order valence-corrected chi connectivity index (χ3v) is 4.71. The highest BCUT2D eigenvalue weighted by molar-refractivity contribution is 5.48. The second-order valence-electron chi connectivity index (χ2n) is 7.48. The average molecular weight is 279 g/mol. The van der Waals surface area contributed by atoms with Gasteiger partial charge in [-0.05, 0) is 47.6 Å². The van der Waals surface area contributed by atoms with Crippen molar-refractivity contribution in [2.24, 2.45) is 0 Å². The Kier molecular flexibility index (Phi) is 2.99. The molecule has 1 aliphatic carbocycles. The molecule has 2 aliphatic rings. The van der Waals surface area contributed by atoms with Gasteiger partial charge in [-0.25, -0.2) is 8.78 Å². The van der Waals surface area contributed by atoms with E-state index in [0.717, 1.165) is 29.8 Å². The van der Waals surface area contributed by atoms with Crippen molar-refractivity contribution >= 4 is 0 Å². The standard InChI is InChI=1S/C17H23F2N/c1-16(2,3)13-7-12-10-20(4)9-11-5-6-17(18,19)14(8-13)15(11)12/h7-8,11H,5-6,9-10H2,1-4H3/t11-/m0/s1. The minimum atomic E-state index is -2.66. The maximum absolute atomic E-state index is 14.4. The van der Waals surface area contributed by atoms with Crippen molar-refractivity contribution in [1.82, 2.24) is 4.90 Å². The highest BCUT2D eigenvalue weighted by atomic mass is 19.3. The molecule has 1 aromatic carbocycles. The van der Waals surface area contributed by atoms with E-state index in [9.17, 15) is 8.78 Å². The molecule has 0 amide bonds. The van der Waals surface area contributed by atoms with Crippen molar-refractivity contribution < 1.29 is 8.78 Å². The van der Waals surface area contributed by atoms with Crippen LogP contribution in [0.5, 0.6) is 0 Å². The van der Waals surface area contributed by atoms with Crippen LogP contribution in [0.1, 0.15) is 61.8 Å². The molecule has 0 radical (unpaired) electrons. The number of alkyl halides is 2. The molecule has 0 spiro atoms. The molecule has 20 heavy (non-hydrogen) atoms. The van der Waals surface area contributed by atoms with Gasteiger partial charge >= 0.3 is 0 Å². The van der Waals surface area contributed by atoms with Gasteiger partial charge in [0.1, 0.15) is 0 Å². The molecule has 1 heterocycles. The molecule has 1 nitrogen and oxygen atoms in total. The largest absolute Gasteiger partial charge is 0.301 e. The summed E-state index contributed by atoms with van der Waals surface area (Å²) in [7, 11) is 2.08. The first kappa shape index (κ1) is 14.0. The fourth-order valence-corrected chi connectivity index (χ4v) is 3.61. The summed E-state index contributed by atoms with van der Waals surface area (Å²) in [5.41, 5.74) is 3.31. The highest BCUT2D eigenvalue weighted by Crippen LogP contribution is 2.49. The fraction of sp³-hybridized carbons (Fsp3) is 0.647. The lowest BCUT2D eigenvalue weighted by Crippen LogP contribution is -2.37. The summed E-state index contributed by atoms with van der Waals surface area (Å²) < 4.78 is 28.7. The zero-order chi connectivity index (χ0) is 14.7. The van der Waals surface area contributed by atoms with Crippen molar-refractivity contribution in [2.45, 2.75) is 57.4 Å². The molecule has 110 valence electrons. The Labute approximate surface area is 120 Å². The minimum absolute atomic E-state index is 0.00839. The number of hydrogen-bond donors (Lipinski definition) is 0. The lowest BCUT2D eigenvalue weighted by atomic mass is 9.73. The lowest BCUT2D eigenvalue weighted by Gasteiger charge is -2.40. The topological polar surface area (TPSA) is 3.24 Å². The third kappa shape index (κ3) is 2.16. The first-order valence-corrected chi connectivity index (χ1v) is 7.42. The Morgan fingerprint density at radius 2 is 1.95 bits per heavy atom. The molecule has 3 rings (SSSR count). The molecular formula is C17H23F2N. The van der Waals surface area contributed by atoms with Crippen molar-refractivity contribution in [3.63, 3.8) is 0 Å². The number of nitrogens with zero attached hydrogens (tertiary/aromatic N) is 1. The lowest BCUT2D eigenvalue weighted by molar-refractivity contribution is -0.0280. The Morgan fingerprint density at radius 3 is 2.60 bits per heavy atom. The Bertz CT molecular complexity index is 543. The average Bonchev–Trinajstić information content (AvgIpc) is 2.32. The van der Waals surface area contributed by atoms with E-state index in [0.29, 0.717) is 12.0 Å². The molecule has 0 bridgehead atoms. The van der Waals surface area contributed by atoms with Crippen LogP contribution in [0.4, 0.5) is 8.78 Å². The predicted molar refractivity (Wildman–Crippen MR) is 77.3 cm³/mol. The van der Waals surface area contributed by atoms with Crippen LogP contribution in [0.15, 0.2) is 12.1 Å². The summed E-state index contributed by atoms with van der Waals surface area (Å²) in [5.74, 6) is -2.37. The molecule has 0 fully saturated rings. The van der Waals surface area contributed by atoms with Gasteiger partial charge in [0.2, 0.25) is 0 Å². The Morgan fingerprint density at radius 1 is 1.25 bits per heavy atom. The van der Waals surface area contributed by atoms with Crippen LogP contribution in [0, 0.1) is 0 Å². The quantitative estimate of drug-likeness (QED) is 0.680. The first-order chi connectivity index (χ1) is 9.18. The number of likely N-dealkylation sites (N-methyl/N-ethyl adjacent to an activating group) is 1. The molecule has 0 saturated carbocycles. The van der Waals surface area contributed by atoms with Crippen LogP contribution in [-0.4, -0.2) is 18.5 Å². The molecule has 1 aromatic rings. The Hall–Kier alpha value is -0.960. The summed E-state index contributed by atoms with van der Waals surface area (Å²) in [6, 6.07) is 3.93. The normalized spacial score (nSPS) is 25.4. The Balaban J connectivity index is 2.23. The maximum atomic E-state index is 14.4. The van der Waals surface area contributed by atoms with Gasteiger partial charge in [-0.3, -0.25) is 0 Å². The van der Waals surface area contributed by atoms with Gasteiger partial charge in [-0.1, -0.05) is 26.8 Å². The third-order valence-electron chi connectivity index (χ3n) is 4.71. The monoisotopic (exact) mass is 279 g/mol. The van der Waals surface area contributed by atoms with E-state index in [4.69, 9.17) is 0 Å². The van der Waals surface area contributed by atoms with Crippen LogP contribution >= 0.6 is 0 Å². The van der Waals surface area contributed by atoms with Gasteiger partial charge in [0.05, 0.1) is 0 Å². The summed E-state index contributed by atoms with van der Waals surface area (Å²) >= 11 is 0. The number of rotatable bonds is 0. The molecule has 0 unspecified atom stereocenters. The summed E-state index contributed by atoms with van der Waals surface area (Å²) in [6.45, 7) is 7.97. The smallest absolute Gasteiger partial charge is 0.273 e. The zero-order valence-electron chi connectivity index (χ0n) is 12.8. The predicted octanol–water partition coefficient (Wildman–Crippen LogP) is 4.40. The summed E-state index contributed by atoms with van der Waals surface area (Å²) in [5, 5.41) is 0. The first-order valence-electron chi connectivity index (χ1n) is 7.42. The molecule has 1 aliphatic heterocycles. The van der Waals surface area contributed by atoms with Gasteiger partial charge in [0.15, 0.2) is 0 Å². The second kappa shape index (κ2) is 4.27. The van der Waals surface area contributed by atoms with Gasteiger partial charge in [-0.2, -0.15) is 0 Å². The van der Waals surface area contributed by atoms with E-state index < -0.39 is 5.92 Å². The van der Waals surface area contributed by atoms with Crippen LogP contribution in [0.2, 0.25) is 0 Å². The SMILES string of the molecule is CN1Cc2cc(C(C)(C)C)cc3c2[C@@H](CCC3(F)F)C1. The molecular weight excluding hydrogens is 256 g/mol. The molecule has 0 saturated heterocycles. The van der Waals surface area contributed by atoms with E-state index in [1.54, 1.807) is 6.07 Å². The molecule has 0 aromatic heterocycles. The highest BCUT2D eigenvalue weighted by Gasteiger charge is 2.43. The maximum Gasteiger partial charge on any atom is 0.273 e. The van der Waals surface area contributed by atoms with E-state index in [-0.39, 0.29) is 17.8 Å². The second-order valence-corrected chi connectivity index (χ2v) is 7.48. The molecule has 3 heteroatoms. The van der Waals surface area contributed by atoms with E-state index in [1.165, 1.54) is 0 Å². The van der Waals surface area contributed by atoms with Crippen LogP contribution in [0.25, 0.3) is 0 Å². The van der Waals surface area contributed by atoms with E-state index >= 15 is 0 Å². The number of hydrogen-bond acceptors (Lipinski definition) is 1. The van der Waals surface area contributed by atoms with Gasteiger partial charge in [-0.15, -0.1) is 0 Å². The van der Waals surface area contributed by atoms with Crippen molar-refractivity contribution in [3.8, 4) is 0 Å². The van der Waals surface area contributed by atoms with Crippen LogP contribution in [0.3, 0.4) is 0 Å². The summed E-state index contributed by atoms with van der Waals surface area (Å²) in [6.07, 6.45) is 0.595. The minimum Gasteiger partial charge on any atom is -0.301 e. The van der Waals surface area contributed by atoms with Crippen LogP contribution in [-0.2, 0) is 17.9 Å². The number of benzene rings is 1. The number of halogens is 2. The fourth-order valence-electron chi connectivity index (χ4n) is 3.61. The van der Waals surface area contributed by atoms with Gasteiger partial charge < -0.3 is 4.90 Å². The molecule has 0 N–H and O–H groups in total. The zero-order valence-corrected chi connectivity index (χ0v) is 12.8. The summed E-state index contributed by atoms with van der Waals surface area (Å²) in [4.78, 5) is 2.26. The molecule has 1 atom stereocenters. The van der Waals surface area contributed by atoms with Crippen molar-refractivity contribution in [1.29, 1.82) is 0 Å². The van der Waals surface area contributed by atoms with E-state index in [1.807, 2.05) is 0 Å². The van der Waals surface area contributed by atoms with E-state index in [2.05, 4.69) is 38.8 Å². The van der Waals surface area contributed by atoms with Crippen molar-refractivity contribution in [2.75, 3.05) is 13.6 Å². The van der Waals surface area contributed by atoms with Gasteiger partial charge in [0, 0.05) is 25.1 Å². The van der Waals surface area contributed by atoms with Gasteiger partial charge in [0.25, 0.3) is 5.92 Å². The van der Waals surface area contributed by atoms with Crippen LogP contribution < -0.4 is 0 Å².